The summed E-state index contributed by atoms with van der Waals surface area (Å²) in [5.41, 5.74) is 1.51. The average Bonchev–Trinajstić information content (AvgIpc) is 3.55. The third-order valence-electron chi connectivity index (χ3n) is 5.80. The highest BCUT2D eigenvalue weighted by Crippen LogP contribution is 2.33. The van der Waals surface area contributed by atoms with E-state index < -0.39 is 15.8 Å². The topological polar surface area (TPSA) is 136 Å². The number of aromatic nitrogens is 6. The maximum absolute atomic E-state index is 15.1. The molecular weight excluding hydrogens is 523 g/mol. The zero-order chi connectivity index (χ0) is 25.7. The molecule has 4 heterocycles. The van der Waals surface area contributed by atoms with Crippen LogP contribution in [0.5, 0.6) is 5.88 Å². The van der Waals surface area contributed by atoms with Crippen molar-refractivity contribution in [1.82, 2.24) is 29.5 Å². The molecule has 1 aromatic carbocycles. The standard InChI is InChI=1S/C23H18ClFN8O3S/c1-36-22-19(7-13(24)10-26-22)37(34,35)32-15-4-5-18(25)16(8-15)17-6-12-9-27-23(29-14-2-3-14)30-20(12)33-11-28-31-21(17)33/h4-11,14,32H,2-3H2,1H3,(H,27,29,30). The number of methoxy groups -OCH3 is 1. The van der Waals surface area contributed by atoms with Crippen LogP contribution in [0.4, 0.5) is 16.0 Å². The lowest BCUT2D eigenvalue weighted by Crippen LogP contribution is -2.15. The Morgan fingerprint density at radius 3 is 2.73 bits per heavy atom. The highest BCUT2D eigenvalue weighted by atomic mass is 35.5. The Labute approximate surface area is 214 Å². The van der Waals surface area contributed by atoms with E-state index in [1.165, 1.54) is 37.8 Å². The molecule has 4 aromatic heterocycles. The van der Waals surface area contributed by atoms with E-state index in [0.29, 0.717) is 34.2 Å². The summed E-state index contributed by atoms with van der Waals surface area (Å²) < 4.78 is 50.4. The molecule has 0 bridgehead atoms. The molecule has 0 amide bonds. The van der Waals surface area contributed by atoms with E-state index in [-0.39, 0.29) is 27.0 Å². The third kappa shape index (κ3) is 4.36. The normalized spacial score (nSPS) is 13.7. The number of benzene rings is 1. The van der Waals surface area contributed by atoms with Crippen molar-refractivity contribution in [2.24, 2.45) is 0 Å². The fourth-order valence-corrected chi connectivity index (χ4v) is 5.33. The van der Waals surface area contributed by atoms with Crippen LogP contribution in [0.25, 0.3) is 27.8 Å². The lowest BCUT2D eigenvalue weighted by Gasteiger charge is -2.13. The van der Waals surface area contributed by atoms with Gasteiger partial charge < -0.3 is 10.1 Å². The van der Waals surface area contributed by atoms with Crippen LogP contribution in [-0.4, -0.2) is 51.1 Å². The van der Waals surface area contributed by atoms with E-state index in [4.69, 9.17) is 16.3 Å². The monoisotopic (exact) mass is 540 g/mol. The van der Waals surface area contributed by atoms with E-state index >= 15 is 4.39 Å². The van der Waals surface area contributed by atoms with Crippen LogP contribution in [0.2, 0.25) is 5.02 Å². The zero-order valence-electron chi connectivity index (χ0n) is 19.2. The van der Waals surface area contributed by atoms with E-state index in [9.17, 15) is 8.42 Å². The molecule has 1 fully saturated rings. The Balaban J connectivity index is 1.43. The molecular formula is C23H18ClFN8O3S. The van der Waals surface area contributed by atoms with Gasteiger partial charge >= 0.3 is 0 Å². The molecule has 0 unspecified atom stereocenters. The van der Waals surface area contributed by atoms with Crippen LogP contribution in [0.3, 0.4) is 0 Å². The van der Waals surface area contributed by atoms with Crippen molar-refractivity contribution in [2.45, 2.75) is 23.8 Å². The summed E-state index contributed by atoms with van der Waals surface area (Å²) in [5, 5.41) is 12.1. The molecule has 2 N–H and O–H groups in total. The molecule has 6 rings (SSSR count). The number of halogens is 2. The number of sulfonamides is 1. The Hall–Kier alpha value is -4.10. The van der Waals surface area contributed by atoms with Crippen molar-refractivity contribution < 1.29 is 17.5 Å². The number of pyridine rings is 2. The van der Waals surface area contributed by atoms with Crippen LogP contribution in [-0.2, 0) is 10.0 Å². The van der Waals surface area contributed by atoms with Crippen molar-refractivity contribution in [3.05, 3.63) is 59.9 Å². The molecule has 14 heteroatoms. The van der Waals surface area contributed by atoms with Gasteiger partial charge in [-0.15, -0.1) is 10.2 Å². The number of rotatable bonds is 7. The van der Waals surface area contributed by atoms with Gasteiger partial charge in [0.15, 0.2) is 16.2 Å². The minimum atomic E-state index is -4.17. The van der Waals surface area contributed by atoms with Crippen LogP contribution in [0.1, 0.15) is 12.8 Å². The molecule has 37 heavy (non-hydrogen) atoms. The van der Waals surface area contributed by atoms with Gasteiger partial charge in [0.1, 0.15) is 12.1 Å². The van der Waals surface area contributed by atoms with Crippen LogP contribution >= 0.6 is 11.6 Å². The van der Waals surface area contributed by atoms with Crippen molar-refractivity contribution in [3.63, 3.8) is 0 Å². The second kappa shape index (κ2) is 8.78. The number of nitrogens with zero attached hydrogens (tertiary/aromatic N) is 6. The van der Waals surface area contributed by atoms with Gasteiger partial charge in [0.2, 0.25) is 11.8 Å². The second-order valence-corrected chi connectivity index (χ2v) is 10.5. The van der Waals surface area contributed by atoms with E-state index in [2.05, 4.69) is 35.2 Å². The Morgan fingerprint density at radius 1 is 1.11 bits per heavy atom. The minimum Gasteiger partial charge on any atom is -0.480 e. The quantitative estimate of drug-likeness (QED) is 0.315. The van der Waals surface area contributed by atoms with Gasteiger partial charge in [-0.3, -0.25) is 9.12 Å². The smallest absolute Gasteiger partial charge is 0.267 e. The Morgan fingerprint density at radius 2 is 1.95 bits per heavy atom. The van der Waals surface area contributed by atoms with Gasteiger partial charge in [-0.1, -0.05) is 11.6 Å². The van der Waals surface area contributed by atoms with Crippen LogP contribution in [0.15, 0.2) is 53.9 Å². The summed E-state index contributed by atoms with van der Waals surface area (Å²) in [5.74, 6) is -0.220. The van der Waals surface area contributed by atoms with Crippen molar-refractivity contribution >= 4 is 49.9 Å². The SMILES string of the molecule is COc1ncc(Cl)cc1S(=O)(=O)Nc1ccc(F)c(-c2cc3cnc(NC4CC4)nc3n3cnnc23)c1. The molecule has 0 radical (unpaired) electrons. The van der Waals surface area contributed by atoms with Gasteiger partial charge in [-0.25, -0.2) is 22.8 Å². The molecule has 1 aliphatic rings. The number of hydrogen-bond acceptors (Lipinski definition) is 9. The predicted molar refractivity (Wildman–Crippen MR) is 135 cm³/mol. The largest absolute Gasteiger partial charge is 0.480 e. The maximum atomic E-state index is 15.1. The maximum Gasteiger partial charge on any atom is 0.267 e. The Bertz CT molecular complexity index is 1790. The summed E-state index contributed by atoms with van der Waals surface area (Å²) in [6, 6.07) is 7.13. The van der Waals surface area contributed by atoms with Crippen molar-refractivity contribution in [2.75, 3.05) is 17.1 Å². The van der Waals surface area contributed by atoms with E-state index in [1.54, 1.807) is 16.7 Å². The van der Waals surface area contributed by atoms with Gasteiger partial charge in [0, 0.05) is 40.6 Å². The summed E-state index contributed by atoms with van der Waals surface area (Å²) in [4.78, 5) is 12.6. The highest BCUT2D eigenvalue weighted by molar-refractivity contribution is 7.92. The van der Waals surface area contributed by atoms with E-state index in [1.807, 2.05) is 0 Å². The summed E-state index contributed by atoms with van der Waals surface area (Å²) in [6.07, 6.45) is 6.54. The van der Waals surface area contributed by atoms with Crippen LogP contribution < -0.4 is 14.8 Å². The first-order valence-corrected chi connectivity index (χ1v) is 13.0. The molecule has 0 spiro atoms. The zero-order valence-corrected chi connectivity index (χ0v) is 20.8. The number of ether oxygens (including phenoxy) is 1. The molecule has 1 saturated carbocycles. The first-order chi connectivity index (χ1) is 17.8. The van der Waals surface area contributed by atoms with Gasteiger partial charge in [0.25, 0.3) is 10.0 Å². The van der Waals surface area contributed by atoms with Crippen molar-refractivity contribution in [1.29, 1.82) is 0 Å². The number of hydrogen-bond donors (Lipinski definition) is 2. The number of nitrogens with one attached hydrogen (secondary N) is 2. The number of anilines is 2. The first kappa shape index (κ1) is 23.3. The molecule has 11 nitrogen and oxygen atoms in total. The fourth-order valence-electron chi connectivity index (χ4n) is 3.91. The van der Waals surface area contributed by atoms with Crippen LogP contribution in [0, 0.1) is 5.82 Å². The summed E-state index contributed by atoms with van der Waals surface area (Å²) in [7, 11) is -2.88. The average molecular weight is 541 g/mol. The van der Waals surface area contributed by atoms with Gasteiger partial charge in [-0.2, -0.15) is 4.98 Å². The molecule has 5 aromatic rings. The fraction of sp³-hybridized carbons (Fsp3) is 0.174. The van der Waals surface area contributed by atoms with E-state index in [0.717, 1.165) is 18.9 Å². The minimum absolute atomic E-state index is 0.108. The molecule has 0 aliphatic heterocycles. The second-order valence-electron chi connectivity index (χ2n) is 8.43. The third-order valence-corrected chi connectivity index (χ3v) is 7.38. The summed E-state index contributed by atoms with van der Waals surface area (Å²) >= 11 is 5.95. The predicted octanol–water partition coefficient (Wildman–Crippen LogP) is 3.91. The highest BCUT2D eigenvalue weighted by Gasteiger charge is 2.24. The molecule has 1 aliphatic carbocycles. The molecule has 188 valence electrons. The van der Waals surface area contributed by atoms with Crippen molar-refractivity contribution in [3.8, 4) is 17.0 Å². The lowest BCUT2D eigenvalue weighted by molar-refractivity contribution is 0.385. The molecule has 0 saturated heterocycles. The first-order valence-electron chi connectivity index (χ1n) is 11.1. The van der Waals surface area contributed by atoms with Gasteiger partial charge in [-0.05, 0) is 43.2 Å². The van der Waals surface area contributed by atoms with Gasteiger partial charge in [0.05, 0.1) is 12.1 Å². The number of fused-ring (bicyclic) bond motifs is 3. The summed E-state index contributed by atoms with van der Waals surface area (Å²) in [6.45, 7) is 0. The Kier molecular flexibility index (Phi) is 5.53. The molecule has 0 atom stereocenters. The lowest BCUT2D eigenvalue weighted by atomic mass is 10.0.